The minimum absolute atomic E-state index is 0.124. The van der Waals surface area contributed by atoms with E-state index >= 15 is 0 Å². The van der Waals surface area contributed by atoms with E-state index in [0.717, 1.165) is 0 Å². The van der Waals surface area contributed by atoms with Gasteiger partial charge in [0.1, 0.15) is 0 Å². The van der Waals surface area contributed by atoms with Gasteiger partial charge >= 0.3 is 12.1 Å². The Bertz CT molecular complexity index is 896. The second-order valence-corrected chi connectivity index (χ2v) is 6.73. The molecule has 1 atom stereocenters. The first-order valence-electron chi connectivity index (χ1n) is 9.14. The van der Waals surface area contributed by atoms with Crippen LogP contribution in [0.1, 0.15) is 19.4 Å². The van der Waals surface area contributed by atoms with E-state index in [1.165, 1.54) is 12.0 Å². The van der Waals surface area contributed by atoms with Gasteiger partial charge in [0, 0.05) is 12.5 Å². The van der Waals surface area contributed by atoms with Crippen LogP contribution in [0.15, 0.2) is 42.5 Å². The predicted molar refractivity (Wildman–Crippen MR) is 105 cm³/mol. The van der Waals surface area contributed by atoms with Crippen LogP contribution in [0.2, 0.25) is 0 Å². The summed E-state index contributed by atoms with van der Waals surface area (Å²) in [6.45, 7) is 3.69. The zero-order valence-electron chi connectivity index (χ0n) is 16.5. The molecule has 0 saturated carbocycles. The first-order valence-corrected chi connectivity index (χ1v) is 9.14. The van der Waals surface area contributed by atoms with E-state index < -0.39 is 18.2 Å². The number of carbonyl (C=O) groups is 2. The van der Waals surface area contributed by atoms with Gasteiger partial charge in [-0.2, -0.15) is 0 Å². The maximum atomic E-state index is 12.5. The highest BCUT2D eigenvalue weighted by Gasteiger charge is 2.24. The highest BCUT2D eigenvalue weighted by Crippen LogP contribution is 2.38. The fraction of sp³-hybridized carbons (Fsp3) is 0.333. The summed E-state index contributed by atoms with van der Waals surface area (Å²) in [5, 5.41) is 9.42. The summed E-state index contributed by atoms with van der Waals surface area (Å²) < 4.78 is 21.1. The smallest absolute Gasteiger partial charge is 0.418 e. The topological polar surface area (TPSA) is 94.5 Å². The summed E-state index contributed by atoms with van der Waals surface area (Å²) >= 11 is 0. The minimum Gasteiger partial charge on any atom is -0.479 e. The third-order valence-corrected chi connectivity index (χ3v) is 4.27. The van der Waals surface area contributed by atoms with Crippen LogP contribution in [0.5, 0.6) is 11.5 Å². The molecule has 1 amide bonds. The van der Waals surface area contributed by atoms with Gasteiger partial charge in [-0.3, -0.25) is 0 Å². The standard InChI is InChI=1S/C21H23NO7/c1-13(2)29-19(20(23)24)10-14-5-4-6-15(9-14)22(21(25)26-3)16-7-8-17-18(11-16)28-12-27-17/h4-9,11,13,19H,10,12H2,1-3H3,(H,23,24). The molecule has 0 fully saturated rings. The molecule has 0 aromatic heterocycles. The molecule has 2 aromatic rings. The first kappa shape index (κ1) is 20.5. The van der Waals surface area contributed by atoms with Crippen LogP contribution in [-0.2, 0) is 20.7 Å². The van der Waals surface area contributed by atoms with Crippen LogP contribution in [0.3, 0.4) is 0 Å². The van der Waals surface area contributed by atoms with Crippen LogP contribution in [0.25, 0.3) is 0 Å². The molecule has 3 rings (SSSR count). The Kier molecular flexibility index (Phi) is 6.23. The number of aliphatic carboxylic acids is 1. The average Bonchev–Trinajstić information content (AvgIpc) is 3.15. The Morgan fingerprint density at radius 2 is 1.83 bits per heavy atom. The number of amides is 1. The van der Waals surface area contributed by atoms with E-state index in [2.05, 4.69) is 0 Å². The van der Waals surface area contributed by atoms with E-state index in [1.54, 1.807) is 56.3 Å². The van der Waals surface area contributed by atoms with Crippen molar-refractivity contribution in [2.45, 2.75) is 32.5 Å². The molecule has 1 heterocycles. The summed E-state index contributed by atoms with van der Waals surface area (Å²) in [7, 11) is 1.29. The van der Waals surface area contributed by atoms with Gasteiger partial charge in [-0.1, -0.05) is 12.1 Å². The van der Waals surface area contributed by atoms with Crippen molar-refractivity contribution in [3.63, 3.8) is 0 Å². The number of fused-ring (bicyclic) bond motifs is 1. The van der Waals surface area contributed by atoms with E-state index in [1.807, 2.05) is 0 Å². The second kappa shape index (κ2) is 8.83. The highest BCUT2D eigenvalue weighted by atomic mass is 16.7. The van der Waals surface area contributed by atoms with E-state index in [-0.39, 0.29) is 19.3 Å². The van der Waals surface area contributed by atoms with E-state index in [0.29, 0.717) is 28.4 Å². The van der Waals surface area contributed by atoms with Gasteiger partial charge in [0.05, 0.1) is 24.6 Å². The summed E-state index contributed by atoms with van der Waals surface area (Å²) in [6, 6.07) is 12.1. The summed E-state index contributed by atoms with van der Waals surface area (Å²) in [6.07, 6.45) is -1.63. The van der Waals surface area contributed by atoms with Crippen LogP contribution in [-0.4, -0.2) is 43.3 Å². The number of carboxylic acid groups (broad SMARTS) is 1. The molecular formula is C21H23NO7. The number of carbonyl (C=O) groups excluding carboxylic acids is 1. The minimum atomic E-state index is -1.04. The van der Waals surface area contributed by atoms with E-state index in [4.69, 9.17) is 18.9 Å². The lowest BCUT2D eigenvalue weighted by Crippen LogP contribution is -2.29. The Morgan fingerprint density at radius 3 is 2.52 bits per heavy atom. The maximum absolute atomic E-state index is 12.5. The van der Waals surface area contributed by atoms with Crippen LogP contribution in [0.4, 0.5) is 16.2 Å². The number of anilines is 2. The van der Waals surface area contributed by atoms with Crippen molar-refractivity contribution in [2.24, 2.45) is 0 Å². The number of hydrogen-bond donors (Lipinski definition) is 1. The zero-order valence-corrected chi connectivity index (χ0v) is 16.5. The number of benzene rings is 2. The first-order chi connectivity index (χ1) is 13.9. The molecule has 1 N–H and O–H groups in total. The Morgan fingerprint density at radius 1 is 1.10 bits per heavy atom. The third-order valence-electron chi connectivity index (χ3n) is 4.27. The Hall–Kier alpha value is -3.26. The summed E-state index contributed by atoms with van der Waals surface area (Å²) in [5.41, 5.74) is 1.78. The van der Waals surface area contributed by atoms with Gasteiger partial charge in [0.2, 0.25) is 6.79 Å². The fourth-order valence-corrected chi connectivity index (χ4v) is 3.03. The lowest BCUT2D eigenvalue weighted by Gasteiger charge is -2.23. The normalized spacial score (nSPS) is 13.2. The molecule has 154 valence electrons. The number of ether oxygens (including phenoxy) is 4. The molecule has 0 saturated heterocycles. The van der Waals surface area contributed by atoms with Crippen LogP contribution < -0.4 is 14.4 Å². The predicted octanol–water partition coefficient (Wildman–Crippen LogP) is 3.74. The number of nitrogens with zero attached hydrogens (tertiary/aromatic N) is 1. The molecule has 0 aliphatic carbocycles. The molecule has 1 unspecified atom stereocenters. The molecule has 8 heteroatoms. The molecule has 2 aromatic carbocycles. The van der Waals surface area contributed by atoms with Gasteiger partial charge in [-0.15, -0.1) is 0 Å². The van der Waals surface area contributed by atoms with Crippen LogP contribution in [0, 0.1) is 0 Å². The third kappa shape index (κ3) is 4.78. The van der Waals surface area contributed by atoms with Crippen molar-refractivity contribution < 1.29 is 33.6 Å². The van der Waals surface area contributed by atoms with Crippen molar-refractivity contribution in [3.05, 3.63) is 48.0 Å². The van der Waals surface area contributed by atoms with Crippen LogP contribution >= 0.6 is 0 Å². The fourth-order valence-electron chi connectivity index (χ4n) is 3.03. The Balaban J connectivity index is 1.92. The molecule has 0 spiro atoms. The Labute approximate surface area is 168 Å². The number of hydrogen-bond acceptors (Lipinski definition) is 6. The van der Waals surface area contributed by atoms with E-state index in [9.17, 15) is 14.7 Å². The highest BCUT2D eigenvalue weighted by molar-refractivity contribution is 5.96. The van der Waals surface area contributed by atoms with Crippen molar-refractivity contribution in [1.29, 1.82) is 0 Å². The van der Waals surface area contributed by atoms with Crippen molar-refractivity contribution in [1.82, 2.24) is 0 Å². The van der Waals surface area contributed by atoms with Crippen molar-refractivity contribution in [3.8, 4) is 11.5 Å². The van der Waals surface area contributed by atoms with Gasteiger partial charge < -0.3 is 24.1 Å². The molecule has 0 radical (unpaired) electrons. The van der Waals surface area contributed by atoms with Gasteiger partial charge in [-0.05, 0) is 43.7 Å². The molecule has 1 aliphatic rings. The van der Waals surface area contributed by atoms with Crippen molar-refractivity contribution in [2.75, 3.05) is 18.8 Å². The second-order valence-electron chi connectivity index (χ2n) is 6.73. The van der Waals surface area contributed by atoms with Crippen molar-refractivity contribution >= 4 is 23.4 Å². The largest absolute Gasteiger partial charge is 0.479 e. The molecule has 0 bridgehead atoms. The number of methoxy groups -OCH3 is 1. The molecular weight excluding hydrogens is 378 g/mol. The SMILES string of the molecule is COC(=O)N(c1cccc(CC(OC(C)C)C(=O)O)c1)c1ccc2c(c1)OCO2. The number of carboxylic acids is 1. The maximum Gasteiger partial charge on any atom is 0.418 e. The zero-order chi connectivity index (χ0) is 21.0. The molecule has 1 aliphatic heterocycles. The monoisotopic (exact) mass is 401 g/mol. The summed E-state index contributed by atoms with van der Waals surface area (Å²) in [5.74, 6) is 0.0935. The number of rotatable bonds is 7. The van der Waals surface area contributed by atoms with Gasteiger partial charge in [-0.25, -0.2) is 14.5 Å². The lowest BCUT2D eigenvalue weighted by molar-refractivity contribution is -0.153. The quantitative estimate of drug-likeness (QED) is 0.755. The molecule has 29 heavy (non-hydrogen) atoms. The lowest BCUT2D eigenvalue weighted by atomic mass is 10.1. The summed E-state index contributed by atoms with van der Waals surface area (Å²) in [4.78, 5) is 25.4. The average molecular weight is 401 g/mol. The van der Waals surface area contributed by atoms with Gasteiger partial charge in [0.25, 0.3) is 0 Å². The van der Waals surface area contributed by atoms with Gasteiger partial charge in [0.15, 0.2) is 17.6 Å². The molecule has 8 nitrogen and oxygen atoms in total.